The highest BCUT2D eigenvalue weighted by atomic mass is 32.2. The number of Topliss-reactive ketones (excluding diaryl/α,β-unsaturated/α-hetero) is 1. The smallest absolute Gasteiger partial charge is 0.199 e. The van der Waals surface area contributed by atoms with E-state index in [0.29, 0.717) is 43.9 Å². The minimum atomic E-state index is -0.347. The molecule has 0 radical (unpaired) electrons. The van der Waals surface area contributed by atoms with Crippen LogP contribution in [0, 0.1) is 5.82 Å². The second-order valence-electron chi connectivity index (χ2n) is 6.57. The number of rotatable bonds is 9. The van der Waals surface area contributed by atoms with Crippen molar-refractivity contribution in [2.75, 3.05) is 28.4 Å². The summed E-state index contributed by atoms with van der Waals surface area (Å²) in [6.45, 7) is 0. The molecule has 0 aromatic heterocycles. The molecule has 0 saturated heterocycles. The summed E-state index contributed by atoms with van der Waals surface area (Å²) >= 11 is 1.22. The van der Waals surface area contributed by atoms with Crippen LogP contribution in [-0.2, 0) is 0 Å². The van der Waals surface area contributed by atoms with Gasteiger partial charge in [-0.3, -0.25) is 4.79 Å². The molecule has 0 saturated carbocycles. The molecule has 0 unspecified atom stereocenters. The summed E-state index contributed by atoms with van der Waals surface area (Å²) in [4.78, 5) is 14.6. The van der Waals surface area contributed by atoms with Gasteiger partial charge in [-0.2, -0.15) is 0 Å². The number of halogens is 1. The molecular formula is C25H23FO5S. The summed E-state index contributed by atoms with van der Waals surface area (Å²) in [6, 6.07) is 16.2. The van der Waals surface area contributed by atoms with Crippen LogP contribution in [-0.4, -0.2) is 34.2 Å². The zero-order valence-electron chi connectivity index (χ0n) is 18.2. The van der Waals surface area contributed by atoms with E-state index in [4.69, 9.17) is 18.9 Å². The van der Waals surface area contributed by atoms with Gasteiger partial charge in [-0.05, 0) is 54.6 Å². The largest absolute Gasteiger partial charge is 0.497 e. The highest BCUT2D eigenvalue weighted by molar-refractivity contribution is 8.04. The zero-order valence-corrected chi connectivity index (χ0v) is 19.0. The van der Waals surface area contributed by atoms with Gasteiger partial charge in [0.15, 0.2) is 5.78 Å². The summed E-state index contributed by atoms with van der Waals surface area (Å²) in [5, 5.41) is 0. The average molecular weight is 455 g/mol. The van der Waals surface area contributed by atoms with E-state index in [1.165, 1.54) is 38.1 Å². The van der Waals surface area contributed by atoms with Crippen molar-refractivity contribution < 1.29 is 28.1 Å². The number of hydrogen-bond donors (Lipinski definition) is 0. The SMILES string of the molecule is COc1ccc(C(=O)/C(=C\c2c(OC)cc(OC)cc2OC)Sc2ccc(F)cc2)cc1. The molecule has 3 rings (SSSR count). The molecule has 3 aromatic carbocycles. The van der Waals surface area contributed by atoms with E-state index in [2.05, 4.69) is 0 Å². The molecule has 0 aliphatic carbocycles. The van der Waals surface area contributed by atoms with Crippen LogP contribution in [0.4, 0.5) is 4.39 Å². The van der Waals surface area contributed by atoms with E-state index in [0.717, 1.165) is 0 Å². The Morgan fingerprint density at radius 2 is 1.34 bits per heavy atom. The lowest BCUT2D eigenvalue weighted by Gasteiger charge is -2.14. The van der Waals surface area contributed by atoms with Crippen molar-refractivity contribution in [2.24, 2.45) is 0 Å². The molecule has 0 aliphatic rings. The van der Waals surface area contributed by atoms with Crippen molar-refractivity contribution in [2.45, 2.75) is 4.90 Å². The number of thioether (sulfide) groups is 1. The van der Waals surface area contributed by atoms with Gasteiger partial charge in [0.05, 0.1) is 38.9 Å². The molecule has 5 nitrogen and oxygen atoms in total. The van der Waals surface area contributed by atoms with Gasteiger partial charge in [-0.15, -0.1) is 0 Å². The lowest BCUT2D eigenvalue weighted by molar-refractivity contribution is 0.104. The van der Waals surface area contributed by atoms with Crippen LogP contribution < -0.4 is 18.9 Å². The quantitative estimate of drug-likeness (QED) is 0.229. The normalized spacial score (nSPS) is 11.1. The number of hydrogen-bond acceptors (Lipinski definition) is 6. The van der Waals surface area contributed by atoms with Crippen LogP contribution in [0.25, 0.3) is 6.08 Å². The molecular weight excluding hydrogens is 431 g/mol. The van der Waals surface area contributed by atoms with Crippen molar-refractivity contribution in [3.63, 3.8) is 0 Å². The molecule has 0 N–H and O–H groups in total. The number of methoxy groups -OCH3 is 4. The first-order chi connectivity index (χ1) is 15.5. The third-order valence-corrected chi connectivity index (χ3v) is 5.68. The molecule has 7 heteroatoms. The highest BCUT2D eigenvalue weighted by Crippen LogP contribution is 2.39. The van der Waals surface area contributed by atoms with Crippen LogP contribution in [0.15, 0.2) is 70.5 Å². The summed E-state index contributed by atoms with van der Waals surface area (Å²) in [7, 11) is 6.18. The second-order valence-corrected chi connectivity index (χ2v) is 7.68. The van der Waals surface area contributed by atoms with Crippen LogP contribution >= 0.6 is 11.8 Å². The van der Waals surface area contributed by atoms with E-state index in [9.17, 15) is 9.18 Å². The first kappa shape index (κ1) is 23.2. The predicted molar refractivity (Wildman–Crippen MR) is 124 cm³/mol. The van der Waals surface area contributed by atoms with Crippen molar-refractivity contribution in [3.05, 3.63) is 82.5 Å². The third-order valence-electron chi connectivity index (χ3n) is 4.65. The summed E-state index contributed by atoms with van der Waals surface area (Å²) < 4.78 is 34.9. The van der Waals surface area contributed by atoms with Crippen LogP contribution in [0.3, 0.4) is 0 Å². The monoisotopic (exact) mass is 454 g/mol. The number of carbonyl (C=O) groups is 1. The molecule has 0 atom stereocenters. The summed E-state index contributed by atoms with van der Waals surface area (Å²) in [5.41, 5.74) is 1.07. The Kier molecular flexibility index (Phi) is 7.78. The fourth-order valence-electron chi connectivity index (χ4n) is 2.96. The van der Waals surface area contributed by atoms with Crippen molar-refractivity contribution in [3.8, 4) is 23.0 Å². The summed E-state index contributed by atoms with van der Waals surface area (Å²) in [5.74, 6) is 1.63. The van der Waals surface area contributed by atoms with E-state index in [1.807, 2.05) is 0 Å². The standard InChI is InChI=1S/C25H23FO5S/c1-28-18-9-5-16(6-10-18)25(27)24(32-20-11-7-17(26)8-12-20)15-21-22(30-3)13-19(29-2)14-23(21)31-4/h5-15H,1-4H3/b24-15+. The molecule has 0 spiro atoms. The first-order valence-corrected chi connectivity index (χ1v) is 10.4. The van der Waals surface area contributed by atoms with Gasteiger partial charge in [0.1, 0.15) is 28.8 Å². The molecule has 0 aliphatic heterocycles. The number of allylic oxidation sites excluding steroid dienone is 1. The Morgan fingerprint density at radius 3 is 1.84 bits per heavy atom. The fraction of sp³-hybridized carbons (Fsp3) is 0.160. The Labute approximate surface area is 190 Å². The van der Waals surface area contributed by atoms with Crippen molar-refractivity contribution in [1.29, 1.82) is 0 Å². The minimum Gasteiger partial charge on any atom is -0.497 e. The van der Waals surface area contributed by atoms with Gasteiger partial charge in [-0.25, -0.2) is 4.39 Å². The molecule has 32 heavy (non-hydrogen) atoms. The molecule has 0 heterocycles. The lowest BCUT2D eigenvalue weighted by Crippen LogP contribution is -2.02. The molecule has 0 fully saturated rings. The fourth-order valence-corrected chi connectivity index (χ4v) is 3.88. The zero-order chi connectivity index (χ0) is 23.1. The number of benzene rings is 3. The van der Waals surface area contributed by atoms with Crippen molar-refractivity contribution in [1.82, 2.24) is 0 Å². The maximum Gasteiger partial charge on any atom is 0.199 e. The van der Waals surface area contributed by atoms with Crippen LogP contribution in [0.5, 0.6) is 23.0 Å². The molecule has 3 aromatic rings. The van der Waals surface area contributed by atoms with E-state index < -0.39 is 0 Å². The number of ketones is 1. The Morgan fingerprint density at radius 1 is 0.781 bits per heavy atom. The van der Waals surface area contributed by atoms with Gasteiger partial charge >= 0.3 is 0 Å². The number of carbonyl (C=O) groups excluding carboxylic acids is 1. The topological polar surface area (TPSA) is 54.0 Å². The minimum absolute atomic E-state index is 0.207. The van der Waals surface area contributed by atoms with Gasteiger partial charge in [-0.1, -0.05) is 11.8 Å². The number of ether oxygens (including phenoxy) is 4. The predicted octanol–water partition coefficient (Wildman–Crippen LogP) is 5.88. The maximum absolute atomic E-state index is 13.4. The summed E-state index contributed by atoms with van der Waals surface area (Å²) in [6.07, 6.45) is 1.71. The van der Waals surface area contributed by atoms with Gasteiger partial charge in [0, 0.05) is 22.6 Å². The van der Waals surface area contributed by atoms with Gasteiger partial charge in [0.25, 0.3) is 0 Å². The highest BCUT2D eigenvalue weighted by Gasteiger charge is 2.19. The van der Waals surface area contributed by atoms with Gasteiger partial charge in [0.2, 0.25) is 0 Å². The Bertz CT molecular complexity index is 1080. The Hall–Kier alpha value is -3.45. The van der Waals surface area contributed by atoms with E-state index in [-0.39, 0.29) is 11.6 Å². The lowest BCUT2D eigenvalue weighted by atomic mass is 10.1. The van der Waals surface area contributed by atoms with E-state index in [1.54, 1.807) is 68.8 Å². The van der Waals surface area contributed by atoms with Crippen LogP contribution in [0.2, 0.25) is 0 Å². The maximum atomic E-state index is 13.4. The Balaban J connectivity index is 2.12. The van der Waals surface area contributed by atoms with Crippen molar-refractivity contribution >= 4 is 23.6 Å². The second kappa shape index (κ2) is 10.7. The van der Waals surface area contributed by atoms with E-state index >= 15 is 0 Å². The molecule has 0 amide bonds. The molecule has 0 bridgehead atoms. The van der Waals surface area contributed by atoms with Gasteiger partial charge < -0.3 is 18.9 Å². The molecule has 166 valence electrons. The third kappa shape index (κ3) is 5.42. The average Bonchev–Trinajstić information content (AvgIpc) is 2.84. The van der Waals surface area contributed by atoms with Crippen LogP contribution in [0.1, 0.15) is 15.9 Å². The first-order valence-electron chi connectivity index (χ1n) is 9.63.